The van der Waals surface area contributed by atoms with Crippen molar-refractivity contribution in [2.45, 2.75) is 38.2 Å². The van der Waals surface area contributed by atoms with E-state index >= 15 is 0 Å². The SMILES string of the molecule is CC[C@H](OC(N)=O)C(=O)c1noc(C2CC2)n1. The summed E-state index contributed by atoms with van der Waals surface area (Å²) in [4.78, 5) is 26.5. The van der Waals surface area contributed by atoms with Crippen molar-refractivity contribution in [2.75, 3.05) is 0 Å². The fraction of sp³-hybridized carbons (Fsp3) is 0.600. The van der Waals surface area contributed by atoms with E-state index in [0.717, 1.165) is 12.8 Å². The molecule has 1 aliphatic carbocycles. The molecule has 1 fully saturated rings. The van der Waals surface area contributed by atoms with Crippen LogP contribution in [-0.2, 0) is 4.74 Å². The molecule has 0 aliphatic heterocycles. The molecule has 1 aromatic rings. The van der Waals surface area contributed by atoms with E-state index in [2.05, 4.69) is 14.9 Å². The number of Topliss-reactive ketones (excluding diaryl/α,β-unsaturated/α-hetero) is 1. The number of ether oxygens (including phenoxy) is 1. The standard InChI is InChI=1S/C10H13N3O4/c1-2-6(16-10(11)15)7(14)8-12-9(17-13-8)5-3-4-5/h5-6H,2-4H2,1H3,(H2,11,15)/t6-/m0/s1. The van der Waals surface area contributed by atoms with Crippen molar-refractivity contribution in [2.24, 2.45) is 5.73 Å². The molecule has 1 heterocycles. The third kappa shape index (κ3) is 2.61. The van der Waals surface area contributed by atoms with Gasteiger partial charge >= 0.3 is 6.09 Å². The molecule has 1 amide bonds. The third-order valence-corrected chi connectivity index (χ3v) is 2.51. The highest BCUT2D eigenvalue weighted by atomic mass is 16.6. The van der Waals surface area contributed by atoms with Crippen molar-refractivity contribution in [3.8, 4) is 0 Å². The lowest BCUT2D eigenvalue weighted by atomic mass is 10.2. The molecule has 1 saturated carbocycles. The lowest BCUT2D eigenvalue weighted by molar-refractivity contribution is 0.0634. The molecule has 0 spiro atoms. The third-order valence-electron chi connectivity index (χ3n) is 2.51. The molecule has 7 nitrogen and oxygen atoms in total. The van der Waals surface area contributed by atoms with Gasteiger partial charge in [0.25, 0.3) is 0 Å². The number of hydrogen-bond donors (Lipinski definition) is 1. The van der Waals surface area contributed by atoms with E-state index in [1.165, 1.54) is 0 Å². The van der Waals surface area contributed by atoms with Crippen molar-refractivity contribution < 1.29 is 18.8 Å². The number of nitrogens with two attached hydrogens (primary N) is 1. The lowest BCUT2D eigenvalue weighted by Crippen LogP contribution is -2.30. The summed E-state index contributed by atoms with van der Waals surface area (Å²) in [5.74, 6) is 0.213. The van der Waals surface area contributed by atoms with E-state index in [-0.39, 0.29) is 11.7 Å². The Balaban J connectivity index is 2.07. The number of nitrogens with zero attached hydrogens (tertiary/aromatic N) is 2. The number of carbonyl (C=O) groups is 2. The monoisotopic (exact) mass is 239 g/mol. The van der Waals surface area contributed by atoms with Gasteiger partial charge in [0.2, 0.25) is 17.5 Å². The van der Waals surface area contributed by atoms with Crippen LogP contribution >= 0.6 is 0 Å². The molecule has 92 valence electrons. The van der Waals surface area contributed by atoms with Crippen LogP contribution in [0.5, 0.6) is 0 Å². The number of carbonyl (C=O) groups excluding carboxylic acids is 2. The Morgan fingerprint density at radius 1 is 1.59 bits per heavy atom. The molecule has 0 radical (unpaired) electrons. The van der Waals surface area contributed by atoms with E-state index in [9.17, 15) is 9.59 Å². The highest BCUT2D eigenvalue weighted by molar-refractivity contribution is 5.97. The minimum atomic E-state index is -0.990. The summed E-state index contributed by atoms with van der Waals surface area (Å²) in [5, 5.41) is 3.59. The molecule has 2 N–H and O–H groups in total. The van der Waals surface area contributed by atoms with Crippen LogP contribution in [0.1, 0.15) is 48.6 Å². The second-order valence-electron chi connectivity index (χ2n) is 3.93. The summed E-state index contributed by atoms with van der Waals surface area (Å²) >= 11 is 0. The van der Waals surface area contributed by atoms with Gasteiger partial charge in [-0.3, -0.25) is 4.79 Å². The average Bonchev–Trinajstić information content (AvgIpc) is 3.03. The molecular formula is C10H13N3O4. The second kappa shape index (κ2) is 4.52. The van der Waals surface area contributed by atoms with E-state index in [1.807, 2.05) is 0 Å². The average molecular weight is 239 g/mol. The smallest absolute Gasteiger partial charge is 0.405 e. The molecule has 0 aromatic carbocycles. The van der Waals surface area contributed by atoms with E-state index in [4.69, 9.17) is 10.3 Å². The Labute approximate surface area is 97.3 Å². The zero-order valence-corrected chi connectivity index (χ0v) is 9.38. The van der Waals surface area contributed by atoms with Gasteiger partial charge in [-0.2, -0.15) is 4.98 Å². The largest absolute Gasteiger partial charge is 0.438 e. The molecule has 17 heavy (non-hydrogen) atoms. The molecule has 0 bridgehead atoms. The van der Waals surface area contributed by atoms with Crippen LogP contribution in [0.3, 0.4) is 0 Å². The van der Waals surface area contributed by atoms with E-state index in [1.54, 1.807) is 6.92 Å². The maximum Gasteiger partial charge on any atom is 0.405 e. The predicted octanol–water partition coefficient (Wildman–Crippen LogP) is 1.00. The topological polar surface area (TPSA) is 108 Å². The maximum atomic E-state index is 11.8. The van der Waals surface area contributed by atoms with Crippen LogP contribution in [0.4, 0.5) is 4.79 Å². The Morgan fingerprint density at radius 3 is 2.82 bits per heavy atom. The fourth-order valence-electron chi connectivity index (χ4n) is 1.44. The Bertz CT molecular complexity index is 439. The Kier molecular flexibility index (Phi) is 3.08. The van der Waals surface area contributed by atoms with Gasteiger partial charge in [0.05, 0.1) is 0 Å². The highest BCUT2D eigenvalue weighted by Crippen LogP contribution is 2.38. The first-order valence-corrected chi connectivity index (χ1v) is 5.45. The molecule has 0 unspecified atom stereocenters. The van der Waals surface area contributed by atoms with Crippen LogP contribution in [0.2, 0.25) is 0 Å². The summed E-state index contributed by atoms with van der Waals surface area (Å²) in [6.07, 6.45) is 0.387. The molecular weight excluding hydrogens is 226 g/mol. The van der Waals surface area contributed by atoms with Crippen LogP contribution in [0, 0.1) is 0 Å². The first-order chi connectivity index (χ1) is 8.11. The van der Waals surface area contributed by atoms with Gasteiger partial charge in [-0.1, -0.05) is 12.1 Å². The van der Waals surface area contributed by atoms with Gasteiger partial charge < -0.3 is 15.0 Å². The van der Waals surface area contributed by atoms with E-state index < -0.39 is 18.0 Å². The van der Waals surface area contributed by atoms with Gasteiger partial charge in [-0.25, -0.2) is 4.79 Å². The summed E-state index contributed by atoms with van der Waals surface area (Å²) in [5.41, 5.74) is 4.87. The van der Waals surface area contributed by atoms with Crippen LogP contribution in [0.25, 0.3) is 0 Å². The summed E-state index contributed by atoms with van der Waals surface area (Å²) < 4.78 is 9.62. The van der Waals surface area contributed by atoms with E-state index in [0.29, 0.717) is 12.3 Å². The minimum absolute atomic E-state index is 0.0556. The van der Waals surface area contributed by atoms with Crippen LogP contribution in [-0.4, -0.2) is 28.1 Å². The number of primary amides is 1. The predicted molar refractivity (Wildman–Crippen MR) is 55.4 cm³/mol. The molecule has 7 heteroatoms. The molecule has 0 saturated heterocycles. The van der Waals surface area contributed by atoms with Crippen molar-refractivity contribution in [1.29, 1.82) is 0 Å². The number of aromatic nitrogens is 2. The number of rotatable bonds is 5. The maximum absolute atomic E-state index is 11.8. The fourth-order valence-corrected chi connectivity index (χ4v) is 1.44. The van der Waals surface area contributed by atoms with Crippen molar-refractivity contribution in [1.82, 2.24) is 10.1 Å². The Hall–Kier alpha value is -1.92. The molecule has 2 rings (SSSR count). The summed E-state index contributed by atoms with van der Waals surface area (Å²) in [6, 6.07) is 0. The van der Waals surface area contributed by atoms with Gasteiger partial charge in [0.15, 0.2) is 6.10 Å². The number of ketones is 1. The van der Waals surface area contributed by atoms with Gasteiger partial charge in [0.1, 0.15) is 0 Å². The first-order valence-electron chi connectivity index (χ1n) is 5.45. The van der Waals surface area contributed by atoms with Gasteiger partial charge in [-0.05, 0) is 19.3 Å². The zero-order valence-electron chi connectivity index (χ0n) is 9.38. The van der Waals surface area contributed by atoms with Crippen molar-refractivity contribution in [3.05, 3.63) is 11.7 Å². The Morgan fingerprint density at radius 2 is 2.29 bits per heavy atom. The normalized spacial score (nSPS) is 16.5. The number of hydrogen-bond acceptors (Lipinski definition) is 6. The lowest BCUT2D eigenvalue weighted by Gasteiger charge is -2.10. The highest BCUT2D eigenvalue weighted by Gasteiger charge is 2.32. The first kappa shape index (κ1) is 11.6. The minimum Gasteiger partial charge on any atom is -0.438 e. The number of amides is 1. The van der Waals surface area contributed by atoms with Crippen LogP contribution in [0.15, 0.2) is 4.52 Å². The summed E-state index contributed by atoms with van der Waals surface area (Å²) in [7, 11) is 0. The summed E-state index contributed by atoms with van der Waals surface area (Å²) in [6.45, 7) is 1.70. The zero-order chi connectivity index (χ0) is 12.4. The molecule has 1 aliphatic rings. The van der Waals surface area contributed by atoms with Gasteiger partial charge in [-0.15, -0.1) is 0 Å². The van der Waals surface area contributed by atoms with Gasteiger partial charge in [0, 0.05) is 5.92 Å². The molecule has 1 aromatic heterocycles. The molecule has 1 atom stereocenters. The van der Waals surface area contributed by atoms with Crippen LogP contribution < -0.4 is 5.73 Å². The quantitative estimate of drug-likeness (QED) is 0.768. The van der Waals surface area contributed by atoms with Crippen molar-refractivity contribution >= 4 is 11.9 Å². The van der Waals surface area contributed by atoms with Crippen molar-refractivity contribution in [3.63, 3.8) is 0 Å². The second-order valence-corrected chi connectivity index (χ2v) is 3.93.